The van der Waals surface area contributed by atoms with Crippen LogP contribution >= 0.6 is 0 Å². The van der Waals surface area contributed by atoms with Gasteiger partial charge in [0.1, 0.15) is 5.75 Å². The average Bonchev–Trinajstić information content (AvgIpc) is 3.07. The lowest BCUT2D eigenvalue weighted by Gasteiger charge is -2.39. The molecule has 0 spiro atoms. The van der Waals surface area contributed by atoms with Crippen LogP contribution in [0, 0.1) is 0 Å². The molecule has 1 N–H and O–H groups in total. The van der Waals surface area contributed by atoms with Crippen LogP contribution in [0.15, 0.2) is 24.3 Å². The summed E-state index contributed by atoms with van der Waals surface area (Å²) < 4.78 is 5.42. The Bertz CT molecular complexity index is 584. The van der Waals surface area contributed by atoms with Crippen LogP contribution in [-0.2, 0) is 4.79 Å². The number of benzene rings is 1. The third-order valence-corrected chi connectivity index (χ3v) is 5.73. The van der Waals surface area contributed by atoms with Gasteiger partial charge in [-0.1, -0.05) is 25.1 Å². The van der Waals surface area contributed by atoms with Gasteiger partial charge in [0.25, 0.3) is 0 Å². The Hall–Kier alpha value is -1.59. The van der Waals surface area contributed by atoms with Crippen molar-refractivity contribution in [3.63, 3.8) is 0 Å². The molecule has 1 saturated carbocycles. The molecule has 5 nitrogen and oxygen atoms in total. The zero-order valence-corrected chi connectivity index (χ0v) is 15.4. The first-order chi connectivity index (χ1) is 12.1. The van der Waals surface area contributed by atoms with Crippen LogP contribution < -0.4 is 4.74 Å². The number of nitrogens with zero attached hydrogens (tertiary/aromatic N) is 2. The van der Waals surface area contributed by atoms with Crippen molar-refractivity contribution in [3.05, 3.63) is 29.8 Å². The number of aliphatic hydroxyl groups is 1. The summed E-state index contributed by atoms with van der Waals surface area (Å²) in [5, 5.41) is 10.1. The Balaban J connectivity index is 1.52. The Labute approximate surface area is 150 Å². The molecule has 1 aromatic carbocycles. The third-order valence-electron chi connectivity index (χ3n) is 5.73. The van der Waals surface area contributed by atoms with E-state index >= 15 is 0 Å². The summed E-state index contributed by atoms with van der Waals surface area (Å²) >= 11 is 0. The van der Waals surface area contributed by atoms with E-state index in [0.29, 0.717) is 12.5 Å². The molecule has 0 radical (unpaired) electrons. The number of methoxy groups -OCH3 is 1. The van der Waals surface area contributed by atoms with Crippen LogP contribution in [0.2, 0.25) is 0 Å². The van der Waals surface area contributed by atoms with Gasteiger partial charge in [-0.2, -0.15) is 0 Å². The van der Waals surface area contributed by atoms with Gasteiger partial charge in [-0.05, 0) is 36.8 Å². The van der Waals surface area contributed by atoms with E-state index < -0.39 is 0 Å². The van der Waals surface area contributed by atoms with E-state index in [9.17, 15) is 9.90 Å². The van der Waals surface area contributed by atoms with Crippen LogP contribution in [-0.4, -0.2) is 66.2 Å². The minimum Gasteiger partial charge on any atom is -0.496 e. The van der Waals surface area contributed by atoms with E-state index in [1.54, 1.807) is 7.11 Å². The zero-order chi connectivity index (χ0) is 17.8. The molecule has 2 fully saturated rings. The van der Waals surface area contributed by atoms with E-state index in [-0.39, 0.29) is 17.9 Å². The maximum absolute atomic E-state index is 12.7. The van der Waals surface area contributed by atoms with Gasteiger partial charge in [-0.3, -0.25) is 9.69 Å². The number of hydrogen-bond acceptors (Lipinski definition) is 4. The van der Waals surface area contributed by atoms with Crippen molar-refractivity contribution < 1.29 is 14.6 Å². The van der Waals surface area contributed by atoms with Crippen LogP contribution in [0.5, 0.6) is 5.75 Å². The van der Waals surface area contributed by atoms with Gasteiger partial charge in [-0.15, -0.1) is 0 Å². The lowest BCUT2D eigenvalue weighted by molar-refractivity contribution is -0.133. The smallest absolute Gasteiger partial charge is 0.223 e. The average molecular weight is 346 g/mol. The van der Waals surface area contributed by atoms with Gasteiger partial charge < -0.3 is 14.7 Å². The molecular weight excluding hydrogens is 316 g/mol. The normalized spacial score (nSPS) is 25.8. The Kier molecular flexibility index (Phi) is 5.97. The van der Waals surface area contributed by atoms with Crippen LogP contribution in [0.25, 0.3) is 0 Å². The number of hydrogen-bond donors (Lipinski definition) is 1. The molecule has 138 valence electrons. The molecule has 1 aliphatic carbocycles. The Morgan fingerprint density at radius 3 is 2.60 bits per heavy atom. The van der Waals surface area contributed by atoms with Crippen molar-refractivity contribution in [3.8, 4) is 5.75 Å². The van der Waals surface area contributed by atoms with E-state index in [4.69, 9.17) is 4.74 Å². The SMILES string of the molecule is COc1ccccc1[C@H](C)CC(=O)N1CCN([C@H]2CCC[C@H]2O)CC1. The third kappa shape index (κ3) is 4.15. The van der Waals surface area contributed by atoms with Gasteiger partial charge in [-0.25, -0.2) is 0 Å². The number of aliphatic hydroxyl groups excluding tert-OH is 1. The van der Waals surface area contributed by atoms with Crippen molar-refractivity contribution >= 4 is 5.91 Å². The Morgan fingerprint density at radius 2 is 1.96 bits per heavy atom. The highest BCUT2D eigenvalue weighted by Crippen LogP contribution is 2.29. The first-order valence-corrected chi connectivity index (χ1v) is 9.43. The van der Waals surface area contributed by atoms with Crippen molar-refractivity contribution in [1.29, 1.82) is 0 Å². The summed E-state index contributed by atoms with van der Waals surface area (Å²) in [6.45, 7) is 5.36. The molecule has 0 bridgehead atoms. The molecule has 1 amide bonds. The number of piperazine rings is 1. The maximum atomic E-state index is 12.7. The molecule has 1 aliphatic heterocycles. The van der Waals surface area contributed by atoms with E-state index in [1.807, 2.05) is 29.2 Å². The first-order valence-electron chi connectivity index (χ1n) is 9.43. The maximum Gasteiger partial charge on any atom is 0.223 e. The summed E-state index contributed by atoms with van der Waals surface area (Å²) in [7, 11) is 1.67. The lowest BCUT2D eigenvalue weighted by atomic mass is 9.96. The lowest BCUT2D eigenvalue weighted by Crippen LogP contribution is -2.53. The number of para-hydroxylation sites is 1. The van der Waals surface area contributed by atoms with Gasteiger partial charge >= 0.3 is 0 Å². The minimum absolute atomic E-state index is 0.137. The number of carbonyl (C=O) groups is 1. The van der Waals surface area contributed by atoms with Gasteiger partial charge in [0.15, 0.2) is 0 Å². The molecule has 3 atom stereocenters. The highest BCUT2D eigenvalue weighted by atomic mass is 16.5. The fourth-order valence-electron chi connectivity index (χ4n) is 4.22. The molecule has 1 saturated heterocycles. The second-order valence-electron chi connectivity index (χ2n) is 7.33. The topological polar surface area (TPSA) is 53.0 Å². The quantitative estimate of drug-likeness (QED) is 0.888. The fourth-order valence-corrected chi connectivity index (χ4v) is 4.22. The number of carbonyl (C=O) groups excluding carboxylic acids is 1. The van der Waals surface area contributed by atoms with Crippen molar-refractivity contribution in [1.82, 2.24) is 9.80 Å². The Morgan fingerprint density at radius 1 is 1.24 bits per heavy atom. The van der Waals surface area contributed by atoms with Crippen LogP contribution in [0.1, 0.15) is 44.1 Å². The summed E-state index contributed by atoms with van der Waals surface area (Å²) in [6, 6.07) is 8.22. The summed E-state index contributed by atoms with van der Waals surface area (Å²) in [6.07, 6.45) is 3.43. The molecule has 25 heavy (non-hydrogen) atoms. The zero-order valence-electron chi connectivity index (χ0n) is 15.4. The fraction of sp³-hybridized carbons (Fsp3) is 0.650. The summed E-state index contributed by atoms with van der Waals surface area (Å²) in [5.41, 5.74) is 1.09. The van der Waals surface area contributed by atoms with Gasteiger partial charge in [0.2, 0.25) is 5.91 Å². The van der Waals surface area contributed by atoms with Gasteiger partial charge in [0, 0.05) is 38.6 Å². The molecular formula is C20H30N2O3. The van der Waals surface area contributed by atoms with E-state index in [1.165, 1.54) is 0 Å². The summed E-state index contributed by atoms with van der Waals surface area (Å²) in [4.78, 5) is 17.0. The first kappa shape index (κ1) is 18.2. The molecule has 5 heteroatoms. The van der Waals surface area contributed by atoms with Crippen LogP contribution in [0.3, 0.4) is 0 Å². The van der Waals surface area contributed by atoms with Crippen molar-refractivity contribution in [2.75, 3.05) is 33.3 Å². The molecule has 2 aliphatic rings. The van der Waals surface area contributed by atoms with E-state index in [2.05, 4.69) is 11.8 Å². The largest absolute Gasteiger partial charge is 0.496 e. The predicted octanol–water partition coefficient (Wildman–Crippen LogP) is 2.25. The second-order valence-corrected chi connectivity index (χ2v) is 7.33. The second kappa shape index (κ2) is 8.19. The number of rotatable bonds is 5. The van der Waals surface area contributed by atoms with Crippen molar-refractivity contribution in [2.45, 2.75) is 50.7 Å². The molecule has 1 heterocycles. The highest BCUT2D eigenvalue weighted by molar-refractivity contribution is 5.77. The molecule has 0 aromatic heterocycles. The predicted molar refractivity (Wildman–Crippen MR) is 97.8 cm³/mol. The highest BCUT2D eigenvalue weighted by Gasteiger charge is 2.33. The number of amides is 1. The monoisotopic (exact) mass is 346 g/mol. The molecule has 3 rings (SSSR count). The van der Waals surface area contributed by atoms with Gasteiger partial charge in [0.05, 0.1) is 13.2 Å². The molecule has 0 unspecified atom stereocenters. The molecule has 1 aromatic rings. The minimum atomic E-state index is -0.187. The number of ether oxygens (including phenoxy) is 1. The van der Waals surface area contributed by atoms with Crippen LogP contribution in [0.4, 0.5) is 0 Å². The standard InChI is InChI=1S/C20H30N2O3/c1-15(16-6-3-4-9-19(16)25-2)14-20(24)22-12-10-21(11-13-22)17-7-5-8-18(17)23/h3-4,6,9,15,17-18,23H,5,7-8,10-14H2,1-2H3/t15-,17+,18-/m1/s1. The summed E-state index contributed by atoms with van der Waals surface area (Å²) in [5.74, 6) is 1.20. The van der Waals surface area contributed by atoms with Crippen molar-refractivity contribution in [2.24, 2.45) is 0 Å². The van der Waals surface area contributed by atoms with E-state index in [0.717, 1.165) is 56.8 Å².